The van der Waals surface area contributed by atoms with E-state index in [2.05, 4.69) is 17.4 Å². The maximum absolute atomic E-state index is 13.3. The van der Waals surface area contributed by atoms with Crippen molar-refractivity contribution >= 4 is 33.2 Å². The van der Waals surface area contributed by atoms with Gasteiger partial charge in [0.25, 0.3) is 15.9 Å². The van der Waals surface area contributed by atoms with Crippen molar-refractivity contribution < 1.29 is 13.2 Å². The van der Waals surface area contributed by atoms with Gasteiger partial charge in [-0.1, -0.05) is 41.9 Å². The first-order valence-corrected chi connectivity index (χ1v) is 12.9. The Morgan fingerprint density at radius 2 is 1.79 bits per heavy atom. The molecule has 1 aliphatic rings. The second-order valence-electron chi connectivity index (χ2n) is 8.55. The van der Waals surface area contributed by atoms with Crippen LogP contribution in [-0.2, 0) is 22.9 Å². The lowest BCUT2D eigenvalue weighted by atomic mass is 10.0. The van der Waals surface area contributed by atoms with Crippen molar-refractivity contribution in [1.82, 2.24) is 5.32 Å². The lowest BCUT2D eigenvalue weighted by molar-refractivity contribution is 0.0938. The largest absolute Gasteiger partial charge is 0.350 e. The van der Waals surface area contributed by atoms with Gasteiger partial charge in [-0.15, -0.1) is 0 Å². The van der Waals surface area contributed by atoms with Crippen molar-refractivity contribution in [1.29, 1.82) is 0 Å². The van der Waals surface area contributed by atoms with Crippen LogP contribution in [0, 0.1) is 0 Å². The van der Waals surface area contributed by atoms with Crippen molar-refractivity contribution in [3.63, 3.8) is 0 Å². The van der Waals surface area contributed by atoms with Gasteiger partial charge in [0, 0.05) is 22.7 Å². The van der Waals surface area contributed by atoms with Gasteiger partial charge in [-0.2, -0.15) is 0 Å². The zero-order valence-corrected chi connectivity index (χ0v) is 20.2. The lowest BCUT2D eigenvalue weighted by Crippen LogP contribution is -2.35. The van der Waals surface area contributed by atoms with Gasteiger partial charge in [-0.05, 0) is 86.7 Å². The summed E-state index contributed by atoms with van der Waals surface area (Å²) in [5.41, 5.74) is 3.25. The molecule has 1 amide bonds. The summed E-state index contributed by atoms with van der Waals surface area (Å²) >= 11 is 5.92. The lowest BCUT2D eigenvalue weighted by Gasteiger charge is -2.24. The molecule has 0 bridgehead atoms. The maximum atomic E-state index is 13.3. The molecule has 1 heterocycles. The van der Waals surface area contributed by atoms with E-state index in [0.29, 0.717) is 22.7 Å². The molecule has 0 fully saturated rings. The number of carbonyl (C=O) groups is 1. The predicted molar refractivity (Wildman–Crippen MR) is 132 cm³/mol. The van der Waals surface area contributed by atoms with Crippen molar-refractivity contribution in [2.24, 2.45) is 0 Å². The summed E-state index contributed by atoms with van der Waals surface area (Å²) in [6.45, 7) is 3.87. The Kier molecular flexibility index (Phi) is 6.77. The first-order chi connectivity index (χ1) is 15.8. The molecule has 33 heavy (non-hydrogen) atoms. The second kappa shape index (κ2) is 9.57. The molecule has 0 saturated heterocycles. The highest BCUT2D eigenvalue weighted by atomic mass is 35.5. The molecular formula is C26H27ClN2O3S. The van der Waals surface area contributed by atoms with Crippen LogP contribution in [0.2, 0.25) is 5.02 Å². The van der Waals surface area contributed by atoms with Crippen LogP contribution in [0.5, 0.6) is 0 Å². The number of hydrogen-bond acceptors (Lipinski definition) is 3. The van der Waals surface area contributed by atoms with Gasteiger partial charge in [0.05, 0.1) is 10.6 Å². The molecule has 3 aromatic rings. The topological polar surface area (TPSA) is 66.5 Å². The summed E-state index contributed by atoms with van der Waals surface area (Å²) in [6.07, 6.45) is 2.28. The molecule has 0 saturated carbocycles. The Labute approximate surface area is 200 Å². The number of aryl methyl sites for hydroxylation is 1. The van der Waals surface area contributed by atoms with Gasteiger partial charge in [-0.3, -0.25) is 9.10 Å². The fourth-order valence-electron chi connectivity index (χ4n) is 4.24. The van der Waals surface area contributed by atoms with Gasteiger partial charge in [-0.25, -0.2) is 8.42 Å². The van der Waals surface area contributed by atoms with Crippen molar-refractivity contribution in [2.75, 3.05) is 4.31 Å². The Balaban J connectivity index is 1.48. The van der Waals surface area contributed by atoms with E-state index in [-0.39, 0.29) is 22.9 Å². The molecule has 1 aliphatic heterocycles. The molecule has 1 N–H and O–H groups in total. The minimum absolute atomic E-state index is 0.0201. The summed E-state index contributed by atoms with van der Waals surface area (Å²) in [6, 6.07) is 21.4. The number of nitrogens with zero attached hydrogens (tertiary/aromatic N) is 1. The average molecular weight is 483 g/mol. The normalized spacial score (nSPS) is 16.3. The quantitative estimate of drug-likeness (QED) is 0.501. The van der Waals surface area contributed by atoms with Crippen LogP contribution < -0.4 is 9.62 Å². The summed E-state index contributed by atoms with van der Waals surface area (Å²) in [5.74, 6) is -0.148. The monoisotopic (exact) mass is 482 g/mol. The third kappa shape index (κ3) is 5.07. The number of nitrogens with one attached hydrogen (secondary N) is 1. The highest BCUT2D eigenvalue weighted by Gasteiger charge is 2.36. The van der Waals surface area contributed by atoms with Crippen molar-refractivity contribution in [3.05, 3.63) is 94.5 Å². The zero-order chi connectivity index (χ0) is 23.6. The van der Waals surface area contributed by atoms with Gasteiger partial charge in [0.1, 0.15) is 0 Å². The van der Waals surface area contributed by atoms with E-state index in [4.69, 9.17) is 11.6 Å². The Hall–Kier alpha value is -2.83. The van der Waals surface area contributed by atoms with Crippen molar-refractivity contribution in [2.45, 2.75) is 50.1 Å². The maximum Gasteiger partial charge on any atom is 0.264 e. The van der Waals surface area contributed by atoms with E-state index in [1.165, 1.54) is 22.0 Å². The van der Waals surface area contributed by atoms with Gasteiger partial charge >= 0.3 is 0 Å². The molecule has 2 atom stereocenters. The first kappa shape index (κ1) is 23.3. The van der Waals surface area contributed by atoms with Crippen LogP contribution in [0.1, 0.15) is 41.8 Å². The molecule has 5 nitrogen and oxygen atoms in total. The Morgan fingerprint density at radius 1 is 1.09 bits per heavy atom. The Bertz CT molecular complexity index is 1240. The van der Waals surface area contributed by atoms with Crippen LogP contribution in [0.3, 0.4) is 0 Å². The zero-order valence-electron chi connectivity index (χ0n) is 18.7. The number of hydrogen-bond donors (Lipinski definition) is 1. The van der Waals surface area contributed by atoms with E-state index in [9.17, 15) is 13.2 Å². The van der Waals surface area contributed by atoms with Crippen LogP contribution >= 0.6 is 11.6 Å². The van der Waals surface area contributed by atoms with E-state index in [0.717, 1.165) is 18.4 Å². The molecule has 172 valence electrons. The third-order valence-corrected chi connectivity index (χ3v) is 8.15. The SMILES string of the molecule is C[C@H](CCc1ccccc1)NC(=O)c1ccc2c(c1)C[C@@H](C)N2S(=O)(=O)c1ccc(Cl)cc1. The molecule has 0 aromatic heterocycles. The highest BCUT2D eigenvalue weighted by molar-refractivity contribution is 7.92. The van der Waals surface area contributed by atoms with Gasteiger partial charge in [0.15, 0.2) is 0 Å². The van der Waals surface area contributed by atoms with Gasteiger partial charge in [0.2, 0.25) is 0 Å². The smallest absolute Gasteiger partial charge is 0.264 e. The summed E-state index contributed by atoms with van der Waals surface area (Å²) in [5, 5.41) is 3.54. The van der Waals surface area contributed by atoms with Crippen molar-refractivity contribution in [3.8, 4) is 0 Å². The number of fused-ring (bicyclic) bond motifs is 1. The van der Waals surface area contributed by atoms with E-state index in [1.54, 1.807) is 24.3 Å². The number of rotatable bonds is 7. The molecular weight excluding hydrogens is 456 g/mol. The number of benzene rings is 3. The standard InChI is InChI=1S/C26H27ClN2O3S/c1-18(8-9-20-6-4-3-5-7-20)28-26(30)21-10-15-25-22(17-21)16-19(2)29(25)33(31,32)24-13-11-23(27)12-14-24/h3-7,10-15,17-19H,8-9,16H2,1-2H3,(H,28,30)/t18-,19-/m1/s1. The molecule has 4 rings (SSSR count). The molecule has 7 heteroatoms. The minimum atomic E-state index is -3.73. The number of sulfonamides is 1. The number of anilines is 1. The van der Waals surface area contributed by atoms with E-state index < -0.39 is 10.0 Å². The number of halogens is 1. The number of carbonyl (C=O) groups excluding carboxylic acids is 1. The van der Waals surface area contributed by atoms with Crippen LogP contribution in [0.25, 0.3) is 0 Å². The highest BCUT2D eigenvalue weighted by Crippen LogP contribution is 2.37. The molecule has 3 aromatic carbocycles. The summed E-state index contributed by atoms with van der Waals surface area (Å²) < 4.78 is 28.0. The molecule has 0 aliphatic carbocycles. The first-order valence-electron chi connectivity index (χ1n) is 11.0. The van der Waals surface area contributed by atoms with Gasteiger partial charge < -0.3 is 5.32 Å². The molecule has 0 unspecified atom stereocenters. The summed E-state index contributed by atoms with van der Waals surface area (Å²) in [4.78, 5) is 13.0. The fraction of sp³-hybridized carbons (Fsp3) is 0.269. The Morgan fingerprint density at radius 3 is 2.48 bits per heavy atom. The van der Waals surface area contributed by atoms with Crippen LogP contribution in [-0.4, -0.2) is 26.4 Å². The minimum Gasteiger partial charge on any atom is -0.350 e. The van der Waals surface area contributed by atoms with Crippen LogP contribution in [0.15, 0.2) is 77.7 Å². The summed E-state index contributed by atoms with van der Waals surface area (Å²) in [7, 11) is -3.73. The third-order valence-electron chi connectivity index (χ3n) is 5.95. The molecule has 0 spiro atoms. The number of amides is 1. The fourth-order valence-corrected chi connectivity index (χ4v) is 6.06. The van der Waals surface area contributed by atoms with E-state index in [1.807, 2.05) is 38.1 Å². The van der Waals surface area contributed by atoms with E-state index >= 15 is 0 Å². The second-order valence-corrected chi connectivity index (χ2v) is 10.8. The van der Waals surface area contributed by atoms with Crippen LogP contribution in [0.4, 0.5) is 5.69 Å². The molecule has 0 radical (unpaired) electrons. The average Bonchev–Trinajstić information content (AvgIpc) is 3.14. The predicted octanol–water partition coefficient (Wildman–Crippen LogP) is 5.23.